The normalized spacial score (nSPS) is 33.8. The molecule has 26 heavy (non-hydrogen) atoms. The zero-order valence-corrected chi connectivity index (χ0v) is 16.1. The molecule has 0 radical (unpaired) electrons. The highest BCUT2D eigenvalue weighted by atomic mass is 19.4. The summed E-state index contributed by atoms with van der Waals surface area (Å²) in [5, 5.41) is 0. The quantitative estimate of drug-likeness (QED) is 0.545. The Hall–Kier alpha value is -0.840. The van der Waals surface area contributed by atoms with Gasteiger partial charge in [0, 0.05) is 39.0 Å². The van der Waals surface area contributed by atoms with Crippen LogP contribution in [0.3, 0.4) is 0 Å². The van der Waals surface area contributed by atoms with E-state index in [-0.39, 0.29) is 6.54 Å². The smallest absolute Gasteiger partial charge is 0.300 e. The third-order valence-corrected chi connectivity index (χ3v) is 6.60. The Bertz CT molecular complexity index is 529. The van der Waals surface area contributed by atoms with Crippen molar-refractivity contribution in [3.8, 4) is 0 Å². The van der Waals surface area contributed by atoms with Gasteiger partial charge in [-0.05, 0) is 43.6 Å². The number of halogens is 3. The molecule has 6 heteroatoms. The van der Waals surface area contributed by atoms with Crippen molar-refractivity contribution in [1.29, 1.82) is 0 Å². The van der Waals surface area contributed by atoms with Crippen molar-refractivity contribution in [2.75, 3.05) is 32.7 Å². The number of hydrogen-bond donors (Lipinski definition) is 0. The van der Waals surface area contributed by atoms with Crippen molar-refractivity contribution in [2.24, 2.45) is 17.8 Å². The van der Waals surface area contributed by atoms with Crippen molar-refractivity contribution in [3.63, 3.8) is 0 Å². The average Bonchev–Trinajstić information content (AvgIpc) is 3.35. The molecule has 3 atom stereocenters. The highest BCUT2D eigenvalue weighted by Gasteiger charge is 2.46. The Balaban J connectivity index is 1.46. The zero-order valence-electron chi connectivity index (χ0n) is 16.1. The van der Waals surface area contributed by atoms with E-state index in [9.17, 15) is 13.2 Å². The van der Waals surface area contributed by atoms with E-state index in [1.54, 1.807) is 4.90 Å². The minimum atomic E-state index is -4.15. The van der Waals surface area contributed by atoms with E-state index < -0.39 is 12.2 Å². The summed E-state index contributed by atoms with van der Waals surface area (Å²) in [4.78, 5) is 3.48. The van der Waals surface area contributed by atoms with Gasteiger partial charge in [-0.25, -0.2) is 0 Å². The molecule has 0 aromatic carbocycles. The second kappa shape index (κ2) is 8.45. The van der Waals surface area contributed by atoms with Crippen LogP contribution in [0.4, 0.5) is 13.2 Å². The molecule has 3 fully saturated rings. The number of piperazine rings is 1. The molecular weight excluding hydrogens is 339 g/mol. The first-order valence-electron chi connectivity index (χ1n) is 10.3. The Morgan fingerprint density at radius 1 is 1.19 bits per heavy atom. The second-order valence-electron chi connectivity index (χ2n) is 8.37. The molecule has 1 heterocycles. The monoisotopic (exact) mass is 372 g/mol. The number of rotatable bonds is 5. The summed E-state index contributed by atoms with van der Waals surface area (Å²) >= 11 is 0. The predicted molar refractivity (Wildman–Crippen MR) is 101 cm³/mol. The molecule has 3 rings (SSSR count). The molecule has 0 spiro atoms. The summed E-state index contributed by atoms with van der Waals surface area (Å²) in [7, 11) is 0. The maximum Gasteiger partial charge on any atom is 0.405 e. The lowest BCUT2D eigenvalue weighted by atomic mass is 9.84. The van der Waals surface area contributed by atoms with Crippen molar-refractivity contribution in [1.82, 2.24) is 14.5 Å². The lowest BCUT2D eigenvalue weighted by Crippen LogP contribution is -2.59. The average molecular weight is 372 g/mol. The van der Waals surface area contributed by atoms with Gasteiger partial charge in [0.2, 0.25) is 0 Å². The van der Waals surface area contributed by atoms with Crippen LogP contribution in [-0.2, 0) is 0 Å². The van der Waals surface area contributed by atoms with Gasteiger partial charge in [0.15, 0.2) is 0 Å². The van der Waals surface area contributed by atoms with Crippen molar-refractivity contribution < 1.29 is 13.2 Å². The van der Waals surface area contributed by atoms with Gasteiger partial charge in [-0.3, -0.25) is 4.90 Å². The summed E-state index contributed by atoms with van der Waals surface area (Å²) in [6.45, 7) is 6.70. The molecule has 3 aliphatic rings. The summed E-state index contributed by atoms with van der Waals surface area (Å²) in [5.74, 6) is 2.74. The van der Waals surface area contributed by atoms with Gasteiger partial charge in [0.05, 0.1) is 6.42 Å². The maximum absolute atomic E-state index is 13.3. The fourth-order valence-electron chi connectivity index (χ4n) is 4.70. The number of hydrogen-bond acceptors (Lipinski definition) is 2. The van der Waals surface area contributed by atoms with E-state index >= 15 is 0 Å². The topological polar surface area (TPSA) is 20.6 Å². The molecule has 2 unspecified atom stereocenters. The van der Waals surface area contributed by atoms with Gasteiger partial charge in [-0.2, -0.15) is 13.2 Å². The molecule has 0 N–H and O–H groups in total. The molecule has 0 aromatic heterocycles. The fraction of sp³-hybridized carbons (Fsp3) is 0.900. The summed E-state index contributed by atoms with van der Waals surface area (Å²) in [6.07, 6.45) is 4.34. The standard InChI is InChI=1S/C20H33F3N3/c1-3-25-11-12-26(19(14-25)20(21,22)23)10-4-9-24-17-7-5-16(6-8-17)18-13-15(18)2/h9,15-16,18-19H,3-8,10-14H2,1-2H3/q+1/t15?,18?,19-/m1/s1. The molecule has 2 aliphatic carbocycles. The molecule has 0 bridgehead atoms. The molecule has 1 saturated heterocycles. The fourth-order valence-corrected chi connectivity index (χ4v) is 4.70. The summed E-state index contributed by atoms with van der Waals surface area (Å²) < 4.78 is 44.6. The Morgan fingerprint density at radius 2 is 1.88 bits per heavy atom. The van der Waals surface area contributed by atoms with E-state index in [1.807, 2.05) is 18.0 Å². The predicted octanol–water partition coefficient (Wildman–Crippen LogP) is 3.37. The first kappa shape index (κ1) is 19.9. The van der Waals surface area contributed by atoms with E-state index in [0.717, 1.165) is 37.1 Å². The molecule has 3 nitrogen and oxygen atoms in total. The Labute approximate surface area is 155 Å². The molecule has 0 aromatic rings. The first-order chi connectivity index (χ1) is 12.4. The van der Waals surface area contributed by atoms with Gasteiger partial charge < -0.3 is 4.90 Å². The minimum Gasteiger partial charge on any atom is -0.300 e. The van der Waals surface area contributed by atoms with Crippen LogP contribution in [0.25, 0.3) is 0 Å². The zero-order chi connectivity index (χ0) is 18.7. The lowest BCUT2D eigenvalue weighted by Gasteiger charge is -2.41. The number of likely N-dealkylation sites (N-methyl/N-ethyl adjacent to an activating group) is 1. The highest BCUT2D eigenvalue weighted by Crippen LogP contribution is 2.48. The van der Waals surface area contributed by atoms with Crippen LogP contribution in [0, 0.1) is 17.8 Å². The number of nitrogens with zero attached hydrogens (tertiary/aromatic N) is 3. The van der Waals surface area contributed by atoms with Gasteiger partial charge in [0.1, 0.15) is 6.04 Å². The van der Waals surface area contributed by atoms with Crippen LogP contribution in [-0.4, -0.2) is 66.7 Å². The van der Waals surface area contributed by atoms with Crippen LogP contribution >= 0.6 is 0 Å². The third-order valence-electron chi connectivity index (χ3n) is 6.60. The first-order valence-corrected chi connectivity index (χ1v) is 10.3. The molecule has 1 aliphatic heterocycles. The third kappa shape index (κ3) is 5.11. The molecule has 0 amide bonds. The van der Waals surface area contributed by atoms with Gasteiger partial charge >= 0.3 is 6.18 Å². The summed E-state index contributed by atoms with van der Waals surface area (Å²) in [5.41, 5.74) is 1.25. The van der Waals surface area contributed by atoms with Crippen molar-refractivity contribution in [3.05, 3.63) is 0 Å². The van der Waals surface area contributed by atoms with E-state index in [4.69, 9.17) is 0 Å². The van der Waals surface area contributed by atoms with E-state index in [1.165, 1.54) is 25.0 Å². The van der Waals surface area contributed by atoms with Gasteiger partial charge in [0.25, 0.3) is 11.9 Å². The lowest BCUT2D eigenvalue weighted by molar-refractivity contribution is -0.196. The molecular formula is C20H33F3N3+. The Kier molecular flexibility index (Phi) is 6.47. The molecule has 148 valence electrons. The van der Waals surface area contributed by atoms with Crippen LogP contribution < -0.4 is 4.67 Å². The van der Waals surface area contributed by atoms with Crippen LogP contribution in [0.15, 0.2) is 0 Å². The highest BCUT2D eigenvalue weighted by molar-refractivity contribution is 5.86. The largest absolute Gasteiger partial charge is 0.405 e. The van der Waals surface area contributed by atoms with Gasteiger partial charge in [-0.15, -0.1) is 4.67 Å². The summed E-state index contributed by atoms with van der Waals surface area (Å²) in [6, 6.07) is -1.34. The maximum atomic E-state index is 13.3. The number of alkyl halides is 3. The Morgan fingerprint density at radius 3 is 2.46 bits per heavy atom. The van der Waals surface area contributed by atoms with Crippen molar-refractivity contribution >= 4 is 11.9 Å². The van der Waals surface area contributed by atoms with Gasteiger partial charge in [-0.1, -0.05) is 13.8 Å². The van der Waals surface area contributed by atoms with Crippen molar-refractivity contribution in [2.45, 2.75) is 64.6 Å². The van der Waals surface area contributed by atoms with Crippen LogP contribution in [0.2, 0.25) is 0 Å². The van der Waals surface area contributed by atoms with Crippen LogP contribution in [0.5, 0.6) is 0 Å². The van der Waals surface area contributed by atoms with E-state index in [0.29, 0.717) is 26.1 Å². The van der Waals surface area contributed by atoms with Crippen LogP contribution in [0.1, 0.15) is 52.4 Å². The SMILES string of the molecule is CCN1CCN(CCC=[N+]=C2CCC(C3CC3C)CC2)[C@@H](C(F)(F)F)C1. The van der Waals surface area contributed by atoms with E-state index in [2.05, 4.69) is 11.6 Å². The minimum absolute atomic E-state index is 0.0928. The molecule has 2 saturated carbocycles. The second-order valence-corrected chi connectivity index (χ2v) is 8.37.